The van der Waals surface area contributed by atoms with Crippen LogP contribution in [0.15, 0.2) is 66.2 Å². The highest BCUT2D eigenvalue weighted by molar-refractivity contribution is 6.31. The third-order valence-electron chi connectivity index (χ3n) is 4.84. The van der Waals surface area contributed by atoms with Crippen LogP contribution < -0.4 is 10.1 Å². The van der Waals surface area contributed by atoms with E-state index in [9.17, 15) is 14.4 Å². The molecule has 0 saturated carbocycles. The fourth-order valence-corrected chi connectivity index (χ4v) is 3.27. The van der Waals surface area contributed by atoms with E-state index in [-0.39, 0.29) is 11.4 Å². The second-order valence-electron chi connectivity index (χ2n) is 6.88. The number of carbonyl (C=O) groups excluding carboxylic acids is 1. The molecule has 0 heterocycles. The number of hydrogen-bond donors (Lipinski definition) is 1. The normalized spacial score (nSPS) is 11.0. The van der Waals surface area contributed by atoms with Gasteiger partial charge in [-0.3, -0.25) is 4.79 Å². The first kappa shape index (κ1) is 22.1. The summed E-state index contributed by atoms with van der Waals surface area (Å²) in [6, 6.07) is 18.9. The molecule has 0 unspecified atom stereocenters. The van der Waals surface area contributed by atoms with Crippen molar-refractivity contribution < 1.29 is 13.9 Å². The van der Waals surface area contributed by atoms with Crippen LogP contribution in [0.5, 0.6) is 5.75 Å². The van der Waals surface area contributed by atoms with Gasteiger partial charge in [0.25, 0.3) is 5.91 Å². The van der Waals surface area contributed by atoms with E-state index < -0.39 is 5.91 Å². The molecule has 3 rings (SSSR count). The Kier molecular flexibility index (Phi) is 7.07. The minimum Gasteiger partial charge on any atom is -0.496 e. The number of amides is 1. The van der Waals surface area contributed by atoms with Gasteiger partial charge in [-0.25, -0.2) is 4.39 Å². The zero-order valence-corrected chi connectivity index (χ0v) is 17.8. The summed E-state index contributed by atoms with van der Waals surface area (Å²) in [5.74, 6) is -0.282. The number of nitrogens with zero attached hydrogens (tertiary/aromatic N) is 1. The van der Waals surface area contributed by atoms with Crippen molar-refractivity contribution in [2.24, 2.45) is 0 Å². The first-order chi connectivity index (χ1) is 14.9. The molecule has 0 saturated heterocycles. The summed E-state index contributed by atoms with van der Waals surface area (Å²) in [6.45, 7) is 1.78. The summed E-state index contributed by atoms with van der Waals surface area (Å²) in [5.41, 5.74) is 3.15. The lowest BCUT2D eigenvalue weighted by molar-refractivity contribution is -0.112. The highest BCUT2D eigenvalue weighted by atomic mass is 35.5. The fourth-order valence-electron chi connectivity index (χ4n) is 3.09. The minimum atomic E-state index is -0.540. The minimum absolute atomic E-state index is 0.0664. The lowest BCUT2D eigenvalue weighted by Gasteiger charge is -2.11. The van der Waals surface area contributed by atoms with Crippen LogP contribution in [0, 0.1) is 24.1 Å². The maximum atomic E-state index is 14.0. The standard InChI is InChI=1S/C25H20ClFN2O2/c1-16-21(26)7-5-9-23(16)29-25(30)20(15-28)12-17-10-11-19(24(13-17)31-2)14-18-6-3-4-8-22(18)27/h3-13H,14H2,1-2H3,(H,29,30)/b20-12+. The number of hydrogen-bond acceptors (Lipinski definition) is 3. The van der Waals surface area contributed by atoms with Gasteiger partial charge in [-0.1, -0.05) is 48.0 Å². The van der Waals surface area contributed by atoms with Crippen molar-refractivity contribution in [2.75, 3.05) is 12.4 Å². The van der Waals surface area contributed by atoms with Crippen LogP contribution in [-0.2, 0) is 11.2 Å². The first-order valence-electron chi connectivity index (χ1n) is 9.51. The Bertz CT molecular complexity index is 1200. The van der Waals surface area contributed by atoms with E-state index in [1.54, 1.807) is 61.5 Å². The molecule has 0 aliphatic carbocycles. The zero-order valence-electron chi connectivity index (χ0n) is 17.1. The zero-order chi connectivity index (χ0) is 22.4. The van der Waals surface area contributed by atoms with Crippen molar-refractivity contribution in [3.8, 4) is 11.8 Å². The molecule has 0 radical (unpaired) electrons. The number of halogens is 2. The average Bonchev–Trinajstić information content (AvgIpc) is 2.77. The number of nitriles is 1. The Hall–Kier alpha value is -3.62. The van der Waals surface area contributed by atoms with Gasteiger partial charge < -0.3 is 10.1 Å². The number of methoxy groups -OCH3 is 1. The molecule has 0 fully saturated rings. The van der Waals surface area contributed by atoms with E-state index >= 15 is 0 Å². The van der Waals surface area contributed by atoms with E-state index in [1.165, 1.54) is 19.3 Å². The SMILES string of the molecule is COc1cc(/C=C(\C#N)C(=O)Nc2cccc(Cl)c2C)ccc1Cc1ccccc1F. The largest absolute Gasteiger partial charge is 0.496 e. The lowest BCUT2D eigenvalue weighted by atomic mass is 10.0. The highest BCUT2D eigenvalue weighted by Gasteiger charge is 2.13. The average molecular weight is 435 g/mol. The molecular weight excluding hydrogens is 415 g/mol. The van der Waals surface area contributed by atoms with Crippen LogP contribution in [0.2, 0.25) is 5.02 Å². The third-order valence-corrected chi connectivity index (χ3v) is 5.25. The van der Waals surface area contributed by atoms with E-state index in [2.05, 4.69) is 5.32 Å². The summed E-state index contributed by atoms with van der Waals surface area (Å²) >= 11 is 6.09. The highest BCUT2D eigenvalue weighted by Crippen LogP contribution is 2.26. The Morgan fingerprint density at radius 3 is 2.65 bits per heavy atom. The second-order valence-corrected chi connectivity index (χ2v) is 7.28. The number of benzene rings is 3. The molecule has 0 spiro atoms. The van der Waals surface area contributed by atoms with Crippen LogP contribution in [0.3, 0.4) is 0 Å². The molecule has 1 N–H and O–H groups in total. The van der Waals surface area contributed by atoms with E-state index in [0.29, 0.717) is 39.6 Å². The van der Waals surface area contributed by atoms with Gasteiger partial charge in [0.1, 0.15) is 23.2 Å². The number of nitrogens with one attached hydrogen (secondary N) is 1. The topological polar surface area (TPSA) is 62.1 Å². The Labute approximate surface area is 185 Å². The van der Waals surface area contributed by atoms with Crippen molar-refractivity contribution in [3.63, 3.8) is 0 Å². The summed E-state index contributed by atoms with van der Waals surface area (Å²) < 4.78 is 19.4. The van der Waals surface area contributed by atoms with Crippen molar-refractivity contribution in [1.82, 2.24) is 0 Å². The molecule has 1 amide bonds. The van der Waals surface area contributed by atoms with Gasteiger partial charge >= 0.3 is 0 Å². The van der Waals surface area contributed by atoms with E-state index in [4.69, 9.17) is 16.3 Å². The molecule has 0 aromatic heterocycles. The van der Waals surface area contributed by atoms with Gasteiger partial charge in [0, 0.05) is 17.1 Å². The number of anilines is 1. The summed E-state index contributed by atoms with van der Waals surface area (Å²) in [5, 5.41) is 12.7. The maximum Gasteiger partial charge on any atom is 0.266 e. The molecule has 0 aliphatic rings. The molecule has 6 heteroatoms. The predicted octanol–water partition coefficient (Wildman–Crippen LogP) is 5.93. The molecule has 0 aliphatic heterocycles. The molecule has 0 bridgehead atoms. The molecule has 0 atom stereocenters. The summed E-state index contributed by atoms with van der Waals surface area (Å²) in [4.78, 5) is 12.6. The maximum absolute atomic E-state index is 14.0. The third kappa shape index (κ3) is 5.30. The molecular formula is C25H20ClFN2O2. The van der Waals surface area contributed by atoms with Gasteiger partial charge in [-0.15, -0.1) is 0 Å². The molecule has 3 aromatic rings. The lowest BCUT2D eigenvalue weighted by Crippen LogP contribution is -2.14. The molecule has 156 valence electrons. The Morgan fingerprint density at radius 2 is 1.94 bits per heavy atom. The quantitative estimate of drug-likeness (QED) is 0.386. The van der Waals surface area contributed by atoms with Gasteiger partial charge in [-0.05, 0) is 59.5 Å². The van der Waals surface area contributed by atoms with Gasteiger partial charge in [0.15, 0.2) is 0 Å². The van der Waals surface area contributed by atoms with Crippen LogP contribution in [0.1, 0.15) is 22.3 Å². The molecule has 31 heavy (non-hydrogen) atoms. The summed E-state index contributed by atoms with van der Waals surface area (Å²) in [7, 11) is 1.52. The number of carbonyl (C=O) groups is 1. The van der Waals surface area contributed by atoms with Crippen LogP contribution >= 0.6 is 11.6 Å². The van der Waals surface area contributed by atoms with Crippen LogP contribution in [-0.4, -0.2) is 13.0 Å². The molecule has 3 aromatic carbocycles. The predicted molar refractivity (Wildman–Crippen MR) is 121 cm³/mol. The van der Waals surface area contributed by atoms with Crippen molar-refractivity contribution in [1.29, 1.82) is 5.26 Å². The van der Waals surface area contributed by atoms with Gasteiger partial charge in [0.05, 0.1) is 7.11 Å². The first-order valence-corrected chi connectivity index (χ1v) is 9.89. The Morgan fingerprint density at radius 1 is 1.16 bits per heavy atom. The number of rotatable bonds is 6. The Balaban J connectivity index is 1.85. The van der Waals surface area contributed by atoms with Gasteiger partial charge in [0.2, 0.25) is 0 Å². The monoisotopic (exact) mass is 434 g/mol. The van der Waals surface area contributed by atoms with Crippen LogP contribution in [0.4, 0.5) is 10.1 Å². The van der Waals surface area contributed by atoms with Crippen molar-refractivity contribution >= 4 is 29.3 Å². The van der Waals surface area contributed by atoms with Crippen molar-refractivity contribution in [3.05, 3.63) is 99.3 Å². The van der Waals surface area contributed by atoms with Gasteiger partial charge in [-0.2, -0.15) is 5.26 Å². The fraction of sp³-hybridized carbons (Fsp3) is 0.120. The smallest absolute Gasteiger partial charge is 0.266 e. The van der Waals surface area contributed by atoms with E-state index in [0.717, 1.165) is 5.56 Å². The van der Waals surface area contributed by atoms with Crippen LogP contribution in [0.25, 0.3) is 6.08 Å². The molecule has 4 nitrogen and oxygen atoms in total. The number of ether oxygens (including phenoxy) is 1. The van der Waals surface area contributed by atoms with E-state index in [1.807, 2.05) is 6.07 Å². The second kappa shape index (κ2) is 9.92. The van der Waals surface area contributed by atoms with Crippen molar-refractivity contribution in [2.45, 2.75) is 13.3 Å². The summed E-state index contributed by atoms with van der Waals surface area (Å²) in [6.07, 6.45) is 1.84.